The highest BCUT2D eigenvalue weighted by Gasteiger charge is 2.30. The molecule has 0 spiro atoms. The fraction of sp³-hybridized carbons (Fsp3) is 0.118. The molecule has 8 heteroatoms. The maximum absolute atomic E-state index is 13.2. The molecule has 5 nitrogen and oxygen atoms in total. The molecule has 130 valence electrons. The molecule has 1 aromatic carbocycles. The highest BCUT2D eigenvalue weighted by molar-refractivity contribution is 7.93. The van der Waals surface area contributed by atoms with Gasteiger partial charge in [0.25, 0.3) is 5.91 Å². The van der Waals surface area contributed by atoms with E-state index < -0.39 is 26.8 Å². The third-order valence-corrected chi connectivity index (χ3v) is 7.12. The lowest BCUT2D eigenvalue weighted by Crippen LogP contribution is -2.31. The minimum Gasteiger partial charge on any atom is -0.459 e. The number of sulfone groups is 1. The Balaban J connectivity index is 1.89. The van der Waals surface area contributed by atoms with Gasteiger partial charge in [-0.2, -0.15) is 0 Å². The van der Waals surface area contributed by atoms with Gasteiger partial charge in [-0.15, -0.1) is 11.3 Å². The SMILES string of the molecule is O=C(NC[C@H](c1ccc(F)cc1)S(=O)(=O)c1cccs1)c1ccco1. The molecule has 0 radical (unpaired) electrons. The first kappa shape index (κ1) is 17.4. The van der Waals surface area contributed by atoms with E-state index in [1.165, 1.54) is 42.7 Å². The van der Waals surface area contributed by atoms with Crippen molar-refractivity contribution < 1.29 is 22.0 Å². The van der Waals surface area contributed by atoms with Gasteiger partial charge < -0.3 is 9.73 Å². The van der Waals surface area contributed by atoms with Gasteiger partial charge in [-0.1, -0.05) is 18.2 Å². The monoisotopic (exact) mass is 379 g/mol. The predicted molar refractivity (Wildman–Crippen MR) is 91.7 cm³/mol. The van der Waals surface area contributed by atoms with Crippen LogP contribution in [-0.2, 0) is 9.84 Å². The third-order valence-electron chi connectivity index (χ3n) is 3.58. The molecule has 1 atom stereocenters. The first-order valence-electron chi connectivity index (χ1n) is 7.33. The van der Waals surface area contributed by atoms with E-state index in [1.54, 1.807) is 17.5 Å². The number of carbonyl (C=O) groups is 1. The molecule has 0 saturated carbocycles. The van der Waals surface area contributed by atoms with Gasteiger partial charge in [0.15, 0.2) is 15.6 Å². The number of halogens is 1. The zero-order chi connectivity index (χ0) is 17.9. The van der Waals surface area contributed by atoms with E-state index in [9.17, 15) is 17.6 Å². The van der Waals surface area contributed by atoms with Crippen LogP contribution in [0.4, 0.5) is 4.39 Å². The van der Waals surface area contributed by atoms with Gasteiger partial charge in [-0.25, -0.2) is 12.8 Å². The Labute approximate surface area is 148 Å². The normalized spacial score (nSPS) is 12.7. The lowest BCUT2D eigenvalue weighted by Gasteiger charge is -2.18. The number of thiophene rings is 1. The summed E-state index contributed by atoms with van der Waals surface area (Å²) in [6.45, 7) is -0.161. The summed E-state index contributed by atoms with van der Waals surface area (Å²) in [6.07, 6.45) is 1.36. The van der Waals surface area contributed by atoms with Gasteiger partial charge in [-0.05, 0) is 41.3 Å². The second-order valence-electron chi connectivity index (χ2n) is 5.20. The number of hydrogen-bond donors (Lipinski definition) is 1. The van der Waals surface area contributed by atoms with E-state index >= 15 is 0 Å². The zero-order valence-corrected chi connectivity index (χ0v) is 14.5. The van der Waals surface area contributed by atoms with Crippen molar-refractivity contribution in [1.82, 2.24) is 5.32 Å². The fourth-order valence-corrected chi connectivity index (χ4v) is 5.20. The van der Waals surface area contributed by atoms with E-state index in [4.69, 9.17) is 4.42 Å². The molecule has 1 N–H and O–H groups in total. The Bertz CT molecular complexity index is 933. The van der Waals surface area contributed by atoms with Crippen LogP contribution in [0.5, 0.6) is 0 Å². The largest absolute Gasteiger partial charge is 0.459 e. The highest BCUT2D eigenvalue weighted by Crippen LogP contribution is 2.31. The van der Waals surface area contributed by atoms with Gasteiger partial charge in [0.05, 0.1) is 6.26 Å². The molecule has 0 aliphatic heterocycles. The number of carbonyl (C=O) groups excluding carboxylic acids is 1. The van der Waals surface area contributed by atoms with E-state index in [2.05, 4.69) is 5.32 Å². The quantitative estimate of drug-likeness (QED) is 0.712. The lowest BCUT2D eigenvalue weighted by molar-refractivity contribution is 0.0926. The maximum atomic E-state index is 13.2. The minimum absolute atomic E-state index is 0.0892. The van der Waals surface area contributed by atoms with Crippen molar-refractivity contribution in [3.8, 4) is 0 Å². The molecule has 0 saturated heterocycles. The van der Waals surface area contributed by atoms with Gasteiger partial charge in [-0.3, -0.25) is 4.79 Å². The number of furan rings is 1. The smallest absolute Gasteiger partial charge is 0.287 e. The van der Waals surface area contributed by atoms with E-state index in [-0.39, 0.29) is 16.5 Å². The van der Waals surface area contributed by atoms with Crippen LogP contribution in [-0.4, -0.2) is 20.9 Å². The van der Waals surface area contributed by atoms with Crippen molar-refractivity contribution in [2.75, 3.05) is 6.54 Å². The van der Waals surface area contributed by atoms with Crippen LogP contribution >= 0.6 is 11.3 Å². The molecule has 0 fully saturated rings. The van der Waals surface area contributed by atoms with Crippen LogP contribution in [0.3, 0.4) is 0 Å². The summed E-state index contributed by atoms with van der Waals surface area (Å²) in [4.78, 5) is 12.1. The van der Waals surface area contributed by atoms with E-state index in [0.717, 1.165) is 11.3 Å². The van der Waals surface area contributed by atoms with Crippen LogP contribution in [0.25, 0.3) is 0 Å². The van der Waals surface area contributed by atoms with Gasteiger partial charge in [0.1, 0.15) is 15.3 Å². The van der Waals surface area contributed by atoms with Crippen LogP contribution in [0.2, 0.25) is 0 Å². The summed E-state index contributed by atoms with van der Waals surface area (Å²) in [5, 5.41) is 3.19. The molecule has 25 heavy (non-hydrogen) atoms. The lowest BCUT2D eigenvalue weighted by atomic mass is 10.1. The molecular formula is C17H14FNO4S2. The second-order valence-corrected chi connectivity index (χ2v) is 8.51. The van der Waals surface area contributed by atoms with Crippen molar-refractivity contribution >= 4 is 27.1 Å². The number of benzene rings is 1. The summed E-state index contributed by atoms with van der Waals surface area (Å²) >= 11 is 1.09. The summed E-state index contributed by atoms with van der Waals surface area (Å²) in [6, 6.07) is 11.4. The van der Waals surface area contributed by atoms with Gasteiger partial charge >= 0.3 is 0 Å². The van der Waals surface area contributed by atoms with Crippen LogP contribution in [0.1, 0.15) is 21.4 Å². The molecule has 3 rings (SSSR count). The molecule has 1 amide bonds. The third kappa shape index (κ3) is 3.80. The first-order chi connectivity index (χ1) is 12.0. The van der Waals surface area contributed by atoms with Crippen molar-refractivity contribution in [1.29, 1.82) is 0 Å². The first-order valence-corrected chi connectivity index (χ1v) is 9.75. The average molecular weight is 379 g/mol. The summed E-state index contributed by atoms with van der Waals surface area (Å²) in [5.74, 6) is -0.888. The molecule has 0 aliphatic rings. The van der Waals surface area contributed by atoms with E-state index in [1.807, 2.05) is 0 Å². The van der Waals surface area contributed by atoms with Crippen LogP contribution in [0.15, 0.2) is 68.8 Å². The zero-order valence-electron chi connectivity index (χ0n) is 12.9. The Morgan fingerprint density at radius 2 is 1.92 bits per heavy atom. The molecule has 2 aromatic heterocycles. The fourth-order valence-electron chi connectivity index (χ4n) is 2.33. The minimum atomic E-state index is -3.74. The second kappa shape index (κ2) is 7.20. The summed E-state index contributed by atoms with van der Waals surface area (Å²) in [5.41, 5.74) is 0.398. The predicted octanol–water partition coefficient (Wildman–Crippen LogP) is 3.43. The van der Waals surface area contributed by atoms with E-state index in [0.29, 0.717) is 5.56 Å². The van der Waals surface area contributed by atoms with Crippen molar-refractivity contribution in [2.45, 2.75) is 9.46 Å². The topological polar surface area (TPSA) is 76.4 Å². The molecule has 3 aromatic rings. The molecule has 0 bridgehead atoms. The Morgan fingerprint density at radius 1 is 1.16 bits per heavy atom. The number of hydrogen-bond acceptors (Lipinski definition) is 5. The molecule has 0 aliphatic carbocycles. The Morgan fingerprint density at radius 3 is 2.52 bits per heavy atom. The number of nitrogens with one attached hydrogen (secondary N) is 1. The van der Waals surface area contributed by atoms with Gasteiger partial charge in [0, 0.05) is 6.54 Å². The van der Waals surface area contributed by atoms with Gasteiger partial charge in [0.2, 0.25) is 0 Å². The van der Waals surface area contributed by atoms with Crippen LogP contribution in [0, 0.1) is 5.82 Å². The van der Waals surface area contributed by atoms with Crippen molar-refractivity contribution in [3.63, 3.8) is 0 Å². The molecular weight excluding hydrogens is 365 g/mol. The van der Waals surface area contributed by atoms with Crippen molar-refractivity contribution in [3.05, 3.63) is 77.3 Å². The summed E-state index contributed by atoms with van der Waals surface area (Å²) in [7, 11) is -3.74. The highest BCUT2D eigenvalue weighted by atomic mass is 32.2. The summed E-state index contributed by atoms with van der Waals surface area (Å²) < 4.78 is 44.2. The van der Waals surface area contributed by atoms with Crippen molar-refractivity contribution in [2.24, 2.45) is 0 Å². The van der Waals surface area contributed by atoms with Crippen LogP contribution < -0.4 is 5.32 Å². The Hall–Kier alpha value is -2.45. The number of amides is 1. The standard InChI is InChI=1S/C17H14FNO4S2/c18-13-7-5-12(6-8-13)15(25(21,22)16-4-2-10-24-16)11-19-17(20)14-3-1-9-23-14/h1-10,15H,11H2,(H,19,20)/t15-/m1/s1. The maximum Gasteiger partial charge on any atom is 0.287 e. The average Bonchev–Trinajstić information content (AvgIpc) is 3.30. The molecule has 0 unspecified atom stereocenters. The molecule has 2 heterocycles. The Kier molecular flexibility index (Phi) is 5.00. The number of rotatable bonds is 6.